The lowest BCUT2D eigenvalue weighted by atomic mass is 10.2. The van der Waals surface area contributed by atoms with Crippen molar-refractivity contribution in [1.82, 2.24) is 0 Å². The van der Waals surface area contributed by atoms with Crippen LogP contribution in [0.25, 0.3) is 0 Å². The minimum Gasteiger partial charge on any atom is -0.287 e. The second-order valence-corrected chi connectivity index (χ2v) is 2.56. The van der Waals surface area contributed by atoms with Crippen molar-refractivity contribution < 1.29 is 4.79 Å². The zero-order chi connectivity index (χ0) is 4.57. The zero-order valence-electron chi connectivity index (χ0n) is 3.60. The molecule has 2 heteroatoms. The maximum atomic E-state index is 10.2. The van der Waals surface area contributed by atoms with Crippen LogP contribution < -0.4 is 0 Å². The lowest BCUT2D eigenvalue weighted by Gasteiger charge is -2.16. The van der Waals surface area contributed by atoms with Gasteiger partial charge in [-0.05, 0) is 0 Å². The third-order valence-corrected chi connectivity index (χ3v) is 2.23. The molecule has 0 radical (unpaired) electrons. The average Bonchev–Trinajstić information content (AvgIpc) is 1.61. The maximum absolute atomic E-state index is 10.2. The molecule has 1 atom stereocenters. The second-order valence-electron chi connectivity index (χ2n) is 1.53. The molecular weight excluding hydrogens is 96.1 g/mol. The van der Waals surface area contributed by atoms with Crippen molar-refractivity contribution in [2.75, 3.05) is 5.75 Å². The van der Waals surface area contributed by atoms with Crippen molar-refractivity contribution >= 4 is 16.9 Å². The highest BCUT2D eigenvalue weighted by atomic mass is 32.2. The van der Waals surface area contributed by atoms with Crippen LogP contribution in [0.15, 0.2) is 0 Å². The van der Waals surface area contributed by atoms with Crippen molar-refractivity contribution in [3.05, 3.63) is 0 Å². The molecule has 1 fully saturated rings. The molecule has 0 aromatic carbocycles. The third-order valence-electron chi connectivity index (χ3n) is 0.878. The molecule has 0 aromatic heterocycles. The van der Waals surface area contributed by atoms with Crippen LogP contribution in [0.1, 0.15) is 6.92 Å². The highest BCUT2D eigenvalue weighted by Gasteiger charge is 2.23. The van der Waals surface area contributed by atoms with Crippen LogP contribution in [-0.2, 0) is 4.79 Å². The summed E-state index contributed by atoms with van der Waals surface area (Å²) in [5.41, 5.74) is 0. The summed E-state index contributed by atoms with van der Waals surface area (Å²) in [6.45, 7) is 1.96. The number of thioether (sulfide) groups is 1. The first kappa shape index (κ1) is 4.19. The molecule has 0 aliphatic carbocycles. The fourth-order valence-electron chi connectivity index (χ4n) is 0.318. The van der Waals surface area contributed by atoms with E-state index in [0.29, 0.717) is 11.0 Å². The van der Waals surface area contributed by atoms with Crippen LogP contribution >= 0.6 is 11.8 Å². The second kappa shape index (κ2) is 1.26. The van der Waals surface area contributed by atoms with E-state index in [1.807, 2.05) is 6.92 Å². The summed E-state index contributed by atoms with van der Waals surface area (Å²) >= 11 is 1.43. The standard InChI is InChI=1S/C4H6OS/c1-3-2-6-4(3)5/h3H,2H2,1H3/t3-/m0/s1. The Balaban J connectivity index is 2.39. The summed E-state index contributed by atoms with van der Waals surface area (Å²) in [5, 5.41) is 0.356. The van der Waals surface area contributed by atoms with Gasteiger partial charge < -0.3 is 0 Å². The molecule has 1 heterocycles. The van der Waals surface area contributed by atoms with Crippen molar-refractivity contribution in [3.63, 3.8) is 0 Å². The molecule has 0 unspecified atom stereocenters. The number of rotatable bonds is 0. The molecule has 1 aliphatic rings. The molecule has 0 amide bonds. The highest BCUT2D eigenvalue weighted by Crippen LogP contribution is 2.25. The Bertz CT molecular complexity index is 79.6. The van der Waals surface area contributed by atoms with Gasteiger partial charge >= 0.3 is 0 Å². The Morgan fingerprint density at radius 3 is 2.50 bits per heavy atom. The highest BCUT2D eigenvalue weighted by molar-refractivity contribution is 8.15. The smallest absolute Gasteiger partial charge is 0.192 e. The van der Waals surface area contributed by atoms with Gasteiger partial charge in [0, 0.05) is 11.7 Å². The normalized spacial score (nSPS) is 32.8. The Hall–Kier alpha value is 0.0200. The van der Waals surface area contributed by atoms with Gasteiger partial charge in [-0.25, -0.2) is 0 Å². The van der Waals surface area contributed by atoms with E-state index in [1.54, 1.807) is 0 Å². The fraction of sp³-hybridized carbons (Fsp3) is 0.750. The Morgan fingerprint density at radius 2 is 2.50 bits per heavy atom. The largest absolute Gasteiger partial charge is 0.287 e. The first-order chi connectivity index (χ1) is 2.80. The summed E-state index contributed by atoms with van der Waals surface area (Å²) in [6, 6.07) is 0. The van der Waals surface area contributed by atoms with E-state index in [-0.39, 0.29) is 0 Å². The number of hydrogen-bond acceptors (Lipinski definition) is 2. The minimum atomic E-state index is 0.356. The Kier molecular flexibility index (Phi) is 0.880. The molecule has 0 saturated carbocycles. The van der Waals surface area contributed by atoms with E-state index in [1.165, 1.54) is 11.8 Å². The summed E-state index contributed by atoms with van der Waals surface area (Å²) < 4.78 is 0. The quantitative estimate of drug-likeness (QED) is 0.452. The fourth-order valence-corrected chi connectivity index (χ4v) is 0.954. The maximum Gasteiger partial charge on any atom is 0.192 e. The molecule has 1 saturated heterocycles. The lowest BCUT2D eigenvalue weighted by Crippen LogP contribution is -2.20. The van der Waals surface area contributed by atoms with Gasteiger partial charge in [0.25, 0.3) is 0 Å². The number of carbonyl (C=O) groups is 1. The van der Waals surface area contributed by atoms with E-state index in [4.69, 9.17) is 0 Å². The van der Waals surface area contributed by atoms with Gasteiger partial charge in [-0.1, -0.05) is 18.7 Å². The van der Waals surface area contributed by atoms with Crippen molar-refractivity contribution in [2.24, 2.45) is 5.92 Å². The summed E-state index contributed by atoms with van der Waals surface area (Å²) in [4.78, 5) is 10.2. The van der Waals surface area contributed by atoms with E-state index in [9.17, 15) is 4.79 Å². The molecule has 1 rings (SSSR count). The predicted molar refractivity (Wildman–Crippen MR) is 26.6 cm³/mol. The summed E-state index contributed by atoms with van der Waals surface area (Å²) in [5.74, 6) is 1.40. The van der Waals surface area contributed by atoms with Crippen LogP contribution in [0.4, 0.5) is 0 Å². The van der Waals surface area contributed by atoms with E-state index in [2.05, 4.69) is 0 Å². The molecule has 1 aliphatic heterocycles. The van der Waals surface area contributed by atoms with Crippen LogP contribution in [0.2, 0.25) is 0 Å². The van der Waals surface area contributed by atoms with Gasteiger partial charge in [0.15, 0.2) is 5.12 Å². The molecule has 0 aromatic rings. The van der Waals surface area contributed by atoms with Gasteiger partial charge in [0.2, 0.25) is 0 Å². The molecule has 6 heavy (non-hydrogen) atoms. The van der Waals surface area contributed by atoms with Crippen LogP contribution in [0, 0.1) is 5.92 Å². The van der Waals surface area contributed by atoms with Gasteiger partial charge in [-0.3, -0.25) is 4.79 Å². The van der Waals surface area contributed by atoms with Crippen LogP contribution in [-0.4, -0.2) is 10.9 Å². The SMILES string of the molecule is C[C@H]1CSC1=O. The number of carbonyl (C=O) groups excluding carboxylic acids is 1. The molecule has 0 spiro atoms. The zero-order valence-corrected chi connectivity index (χ0v) is 4.42. The van der Waals surface area contributed by atoms with Gasteiger partial charge in [-0.15, -0.1) is 0 Å². The molecular formula is C4H6OS. The van der Waals surface area contributed by atoms with Gasteiger partial charge in [-0.2, -0.15) is 0 Å². The first-order valence-electron chi connectivity index (χ1n) is 1.97. The topological polar surface area (TPSA) is 17.1 Å². The monoisotopic (exact) mass is 102 g/mol. The third kappa shape index (κ3) is 0.451. The first-order valence-corrected chi connectivity index (χ1v) is 2.96. The van der Waals surface area contributed by atoms with Gasteiger partial charge in [0.1, 0.15) is 0 Å². The van der Waals surface area contributed by atoms with E-state index < -0.39 is 0 Å². The van der Waals surface area contributed by atoms with Crippen molar-refractivity contribution in [2.45, 2.75) is 6.92 Å². The predicted octanol–water partition coefficient (Wildman–Crippen LogP) is 0.896. The molecule has 0 bridgehead atoms. The molecule has 0 N–H and O–H groups in total. The lowest BCUT2D eigenvalue weighted by molar-refractivity contribution is -0.114. The van der Waals surface area contributed by atoms with E-state index >= 15 is 0 Å². The summed E-state index contributed by atoms with van der Waals surface area (Å²) in [7, 11) is 0. The molecule has 1 nitrogen and oxygen atoms in total. The number of hydrogen-bond donors (Lipinski definition) is 0. The summed E-state index contributed by atoms with van der Waals surface area (Å²) in [6.07, 6.45) is 0. The van der Waals surface area contributed by atoms with Gasteiger partial charge in [0.05, 0.1) is 0 Å². The Morgan fingerprint density at radius 1 is 2.00 bits per heavy atom. The van der Waals surface area contributed by atoms with Crippen molar-refractivity contribution in [3.8, 4) is 0 Å². The van der Waals surface area contributed by atoms with Crippen molar-refractivity contribution in [1.29, 1.82) is 0 Å². The average molecular weight is 102 g/mol. The molecule has 34 valence electrons. The minimum absolute atomic E-state index is 0.356. The van der Waals surface area contributed by atoms with Crippen LogP contribution in [0.3, 0.4) is 0 Å². The van der Waals surface area contributed by atoms with Crippen LogP contribution in [0.5, 0.6) is 0 Å². The van der Waals surface area contributed by atoms with E-state index in [0.717, 1.165) is 5.75 Å². The Labute approximate surface area is 41.1 Å².